The fourth-order valence-electron chi connectivity index (χ4n) is 3.49. The number of aromatic nitrogens is 4. The van der Waals surface area contributed by atoms with Crippen molar-refractivity contribution in [3.05, 3.63) is 89.5 Å². The van der Waals surface area contributed by atoms with Gasteiger partial charge in [-0.25, -0.2) is 4.98 Å². The van der Waals surface area contributed by atoms with Gasteiger partial charge in [-0.3, -0.25) is 9.48 Å². The molecule has 0 spiro atoms. The second-order valence-electron chi connectivity index (χ2n) is 7.21. The number of aromatic amines is 1. The molecule has 3 heterocycles. The predicted molar refractivity (Wildman–Crippen MR) is 117 cm³/mol. The molecular formula is C24H22N4O. The second-order valence-corrected chi connectivity index (χ2v) is 7.21. The smallest absolute Gasteiger partial charge is 0.213 e. The fourth-order valence-corrected chi connectivity index (χ4v) is 3.49. The first-order valence-corrected chi connectivity index (χ1v) is 9.39. The van der Waals surface area contributed by atoms with Crippen LogP contribution in [0.2, 0.25) is 0 Å². The molecule has 0 fully saturated rings. The van der Waals surface area contributed by atoms with Gasteiger partial charge in [0, 0.05) is 24.8 Å². The van der Waals surface area contributed by atoms with E-state index in [9.17, 15) is 4.79 Å². The summed E-state index contributed by atoms with van der Waals surface area (Å²) in [5, 5.41) is 5.12. The lowest BCUT2D eigenvalue weighted by atomic mass is 9.97. The number of nitrogens with zero attached hydrogens (tertiary/aromatic N) is 3. The van der Waals surface area contributed by atoms with Crippen LogP contribution in [0.5, 0.6) is 0 Å². The number of pyridine rings is 1. The van der Waals surface area contributed by atoms with Crippen molar-refractivity contribution in [1.29, 1.82) is 0 Å². The van der Waals surface area contributed by atoms with Crippen molar-refractivity contribution < 1.29 is 4.79 Å². The summed E-state index contributed by atoms with van der Waals surface area (Å²) in [5.74, 6) is -0.0769. The highest BCUT2D eigenvalue weighted by atomic mass is 16.1. The molecule has 0 saturated heterocycles. The zero-order chi connectivity index (χ0) is 20.5. The van der Waals surface area contributed by atoms with E-state index in [0.29, 0.717) is 16.9 Å². The third-order valence-electron chi connectivity index (χ3n) is 4.81. The van der Waals surface area contributed by atoms with Crippen LogP contribution in [0.3, 0.4) is 0 Å². The van der Waals surface area contributed by atoms with Gasteiger partial charge in [0.05, 0.1) is 11.3 Å². The van der Waals surface area contributed by atoms with Crippen LogP contribution in [-0.2, 0) is 7.05 Å². The number of nitrogens with one attached hydrogen (secondary N) is 1. The summed E-state index contributed by atoms with van der Waals surface area (Å²) in [6, 6.07) is 12.0. The first-order valence-electron chi connectivity index (χ1n) is 9.39. The average molecular weight is 382 g/mol. The third-order valence-corrected chi connectivity index (χ3v) is 4.81. The first kappa shape index (κ1) is 18.6. The molecule has 0 aliphatic rings. The molecule has 0 bridgehead atoms. The van der Waals surface area contributed by atoms with Crippen LogP contribution >= 0.6 is 0 Å². The highest BCUT2D eigenvalue weighted by molar-refractivity contribution is 6.18. The molecule has 0 radical (unpaired) electrons. The summed E-state index contributed by atoms with van der Waals surface area (Å²) >= 11 is 0. The number of fused-ring (bicyclic) bond motifs is 1. The zero-order valence-electron chi connectivity index (χ0n) is 16.7. The SMILES string of the molecule is C=C(C)/C=C/c1cccc(-c2ccnc3[nH]cc(C(=O)c4cc(C)nn4C)c23)c1. The molecule has 4 aromatic rings. The molecule has 0 aliphatic carbocycles. The van der Waals surface area contributed by atoms with Crippen molar-refractivity contribution >= 4 is 22.9 Å². The maximum atomic E-state index is 13.3. The van der Waals surface area contributed by atoms with Crippen molar-refractivity contribution in [3.63, 3.8) is 0 Å². The van der Waals surface area contributed by atoms with Crippen LogP contribution in [0, 0.1) is 6.92 Å². The first-order chi connectivity index (χ1) is 13.9. The van der Waals surface area contributed by atoms with Crippen LogP contribution in [0.1, 0.15) is 34.2 Å². The Balaban J connectivity index is 1.86. The van der Waals surface area contributed by atoms with Gasteiger partial charge in [-0.1, -0.05) is 42.5 Å². The molecule has 1 aromatic carbocycles. The molecular weight excluding hydrogens is 360 g/mol. The molecule has 4 rings (SSSR count). The van der Waals surface area contributed by atoms with E-state index in [0.717, 1.165) is 33.3 Å². The van der Waals surface area contributed by atoms with Gasteiger partial charge in [-0.2, -0.15) is 5.10 Å². The van der Waals surface area contributed by atoms with Gasteiger partial charge in [0.2, 0.25) is 5.78 Å². The Morgan fingerprint density at radius 1 is 1.24 bits per heavy atom. The number of H-pyrrole nitrogens is 1. The molecule has 0 unspecified atom stereocenters. The van der Waals surface area contributed by atoms with Crippen LogP contribution in [0.25, 0.3) is 28.2 Å². The van der Waals surface area contributed by atoms with E-state index in [1.54, 1.807) is 30.2 Å². The van der Waals surface area contributed by atoms with E-state index >= 15 is 0 Å². The predicted octanol–water partition coefficient (Wildman–Crippen LogP) is 5.09. The van der Waals surface area contributed by atoms with Gasteiger partial charge in [0.25, 0.3) is 0 Å². The zero-order valence-corrected chi connectivity index (χ0v) is 16.7. The lowest BCUT2D eigenvalue weighted by Crippen LogP contribution is -2.08. The Bertz CT molecular complexity index is 1270. The Hall–Kier alpha value is -3.73. The fraction of sp³-hybridized carbons (Fsp3) is 0.125. The summed E-state index contributed by atoms with van der Waals surface area (Å²) in [7, 11) is 1.78. The minimum Gasteiger partial charge on any atom is -0.345 e. The maximum absolute atomic E-state index is 13.3. The monoisotopic (exact) mass is 382 g/mol. The number of hydrogen-bond donors (Lipinski definition) is 1. The number of ketones is 1. The summed E-state index contributed by atoms with van der Waals surface area (Å²) in [4.78, 5) is 20.8. The molecule has 5 heteroatoms. The lowest BCUT2D eigenvalue weighted by Gasteiger charge is -2.07. The minimum atomic E-state index is -0.0769. The Morgan fingerprint density at radius 3 is 2.79 bits per heavy atom. The topological polar surface area (TPSA) is 63.6 Å². The van der Waals surface area contributed by atoms with Gasteiger partial charge in [-0.15, -0.1) is 0 Å². The normalized spacial score (nSPS) is 11.4. The van der Waals surface area contributed by atoms with Gasteiger partial charge < -0.3 is 4.98 Å². The average Bonchev–Trinajstić information content (AvgIpc) is 3.28. The molecule has 0 amide bonds. The van der Waals surface area contributed by atoms with E-state index in [4.69, 9.17) is 0 Å². The largest absolute Gasteiger partial charge is 0.345 e. The van der Waals surface area contributed by atoms with E-state index in [2.05, 4.69) is 27.7 Å². The van der Waals surface area contributed by atoms with Crippen molar-refractivity contribution in [2.24, 2.45) is 7.05 Å². The second kappa shape index (κ2) is 7.36. The molecule has 144 valence electrons. The van der Waals surface area contributed by atoms with E-state index in [-0.39, 0.29) is 5.78 Å². The molecule has 29 heavy (non-hydrogen) atoms. The summed E-state index contributed by atoms with van der Waals surface area (Å²) in [6.07, 6.45) is 7.51. The summed E-state index contributed by atoms with van der Waals surface area (Å²) < 4.78 is 1.62. The maximum Gasteiger partial charge on any atom is 0.213 e. The van der Waals surface area contributed by atoms with E-state index < -0.39 is 0 Å². The minimum absolute atomic E-state index is 0.0769. The summed E-state index contributed by atoms with van der Waals surface area (Å²) in [6.45, 7) is 7.75. The van der Waals surface area contributed by atoms with Gasteiger partial charge >= 0.3 is 0 Å². The molecule has 0 atom stereocenters. The number of carbonyl (C=O) groups is 1. The van der Waals surface area contributed by atoms with Crippen molar-refractivity contribution in [2.75, 3.05) is 0 Å². The van der Waals surface area contributed by atoms with Crippen LogP contribution in [0.4, 0.5) is 0 Å². The van der Waals surface area contributed by atoms with Gasteiger partial charge in [0.15, 0.2) is 0 Å². The number of rotatable bonds is 5. The van der Waals surface area contributed by atoms with Gasteiger partial charge in [0.1, 0.15) is 11.3 Å². The standard InChI is InChI=1S/C24H22N4O/c1-15(2)8-9-17-6-5-7-18(13-17)19-10-11-25-24-22(19)20(14-26-24)23(29)21-12-16(3)27-28(21)4/h5-14H,1H2,2-4H3,(H,25,26)/b9-8+. The third kappa shape index (κ3) is 3.55. The van der Waals surface area contributed by atoms with E-state index in [1.807, 2.05) is 50.3 Å². The van der Waals surface area contributed by atoms with Crippen molar-refractivity contribution in [3.8, 4) is 11.1 Å². The van der Waals surface area contributed by atoms with Crippen molar-refractivity contribution in [1.82, 2.24) is 19.7 Å². The van der Waals surface area contributed by atoms with Crippen LogP contribution in [-0.4, -0.2) is 25.5 Å². The molecule has 1 N–H and O–H groups in total. The lowest BCUT2D eigenvalue weighted by molar-refractivity contribution is 0.103. The Morgan fingerprint density at radius 2 is 2.07 bits per heavy atom. The molecule has 0 aliphatic heterocycles. The molecule has 5 nitrogen and oxygen atoms in total. The molecule has 3 aromatic heterocycles. The number of allylic oxidation sites excluding steroid dienone is 2. The quantitative estimate of drug-likeness (QED) is 0.386. The highest BCUT2D eigenvalue weighted by Crippen LogP contribution is 2.32. The Kier molecular flexibility index (Phi) is 4.72. The van der Waals surface area contributed by atoms with Gasteiger partial charge in [-0.05, 0) is 48.7 Å². The number of hydrogen-bond acceptors (Lipinski definition) is 3. The molecule has 0 saturated carbocycles. The van der Waals surface area contributed by atoms with Crippen LogP contribution in [0.15, 0.2) is 67.0 Å². The number of benzene rings is 1. The van der Waals surface area contributed by atoms with Crippen LogP contribution < -0.4 is 0 Å². The Labute approximate surface area is 169 Å². The number of aryl methyl sites for hydroxylation is 2. The van der Waals surface area contributed by atoms with E-state index in [1.165, 1.54) is 0 Å². The van der Waals surface area contributed by atoms with Crippen molar-refractivity contribution in [2.45, 2.75) is 13.8 Å². The number of carbonyl (C=O) groups excluding carboxylic acids is 1. The summed E-state index contributed by atoms with van der Waals surface area (Å²) in [5.41, 5.74) is 6.69. The highest BCUT2D eigenvalue weighted by Gasteiger charge is 2.21.